The van der Waals surface area contributed by atoms with Gasteiger partial charge in [-0.3, -0.25) is 9.48 Å². The maximum atomic E-state index is 12.6. The van der Waals surface area contributed by atoms with E-state index in [2.05, 4.69) is 10.4 Å². The molecule has 6 heteroatoms. The van der Waals surface area contributed by atoms with E-state index < -0.39 is 0 Å². The molecule has 1 amide bonds. The highest BCUT2D eigenvalue weighted by molar-refractivity contribution is 6.30. The summed E-state index contributed by atoms with van der Waals surface area (Å²) in [5.74, 6) is 0.420. The van der Waals surface area contributed by atoms with Crippen LogP contribution in [0.3, 0.4) is 0 Å². The van der Waals surface area contributed by atoms with Crippen LogP contribution in [-0.4, -0.2) is 22.3 Å². The molecule has 0 aliphatic carbocycles. The second-order valence-corrected chi connectivity index (χ2v) is 7.20. The van der Waals surface area contributed by atoms with Crippen LogP contribution in [0.4, 0.5) is 0 Å². The van der Waals surface area contributed by atoms with Crippen LogP contribution in [0.2, 0.25) is 5.02 Å². The van der Waals surface area contributed by atoms with Crippen LogP contribution < -0.4 is 10.1 Å². The molecule has 146 valence electrons. The maximum absolute atomic E-state index is 12.6. The summed E-state index contributed by atoms with van der Waals surface area (Å²) in [5, 5.41) is 10.3. The van der Waals surface area contributed by atoms with Gasteiger partial charge in [-0.05, 0) is 46.7 Å². The molecule has 0 saturated heterocycles. The molecule has 0 spiro atoms. The number of hydrogen-bond donors (Lipinski definition) is 1. The Morgan fingerprint density at radius 1 is 1.07 bits per heavy atom. The van der Waals surface area contributed by atoms with Gasteiger partial charge in [0.05, 0.1) is 11.7 Å². The van der Waals surface area contributed by atoms with E-state index in [-0.39, 0.29) is 18.6 Å². The van der Waals surface area contributed by atoms with Gasteiger partial charge in [0.25, 0.3) is 5.91 Å². The van der Waals surface area contributed by atoms with Crippen molar-refractivity contribution in [1.82, 2.24) is 15.1 Å². The maximum Gasteiger partial charge on any atom is 0.258 e. The lowest BCUT2D eigenvalue weighted by Gasteiger charge is -2.18. The topological polar surface area (TPSA) is 56.2 Å². The van der Waals surface area contributed by atoms with E-state index in [0.29, 0.717) is 10.8 Å². The van der Waals surface area contributed by atoms with Crippen molar-refractivity contribution in [2.75, 3.05) is 6.61 Å². The first-order valence-electron chi connectivity index (χ1n) is 9.24. The number of aryl methyl sites for hydroxylation is 1. The number of rotatable bonds is 6. The summed E-state index contributed by atoms with van der Waals surface area (Å²) in [6.07, 6.45) is 1.84. The highest BCUT2D eigenvalue weighted by Crippen LogP contribution is 2.23. The molecule has 0 aliphatic heterocycles. The number of carbonyl (C=O) groups excluding carboxylic acids is 1. The average Bonchev–Trinajstić information content (AvgIpc) is 3.17. The SMILES string of the molecule is Cn1ccc(C(NC(=O)COc2ccc3ccccc3c2)c2ccc(Cl)cc2)n1. The molecular formula is C23H20ClN3O2. The molecule has 29 heavy (non-hydrogen) atoms. The van der Waals surface area contributed by atoms with Gasteiger partial charge in [-0.25, -0.2) is 0 Å². The number of hydrogen-bond acceptors (Lipinski definition) is 3. The van der Waals surface area contributed by atoms with Crippen molar-refractivity contribution in [3.8, 4) is 5.75 Å². The van der Waals surface area contributed by atoms with Crippen molar-refractivity contribution in [3.63, 3.8) is 0 Å². The molecule has 0 radical (unpaired) electrons. The molecule has 0 fully saturated rings. The zero-order valence-corrected chi connectivity index (χ0v) is 16.6. The monoisotopic (exact) mass is 405 g/mol. The number of carbonyl (C=O) groups is 1. The van der Waals surface area contributed by atoms with Crippen molar-refractivity contribution in [2.24, 2.45) is 7.05 Å². The summed E-state index contributed by atoms with van der Waals surface area (Å²) in [5.41, 5.74) is 1.64. The molecule has 1 heterocycles. The molecule has 0 saturated carbocycles. The Morgan fingerprint density at radius 2 is 1.83 bits per heavy atom. The first-order chi connectivity index (χ1) is 14.1. The number of ether oxygens (including phenoxy) is 1. The number of aromatic nitrogens is 2. The van der Waals surface area contributed by atoms with E-state index in [1.54, 1.807) is 16.8 Å². The van der Waals surface area contributed by atoms with Crippen LogP contribution in [-0.2, 0) is 11.8 Å². The third-order valence-corrected chi connectivity index (χ3v) is 4.88. The zero-order valence-electron chi connectivity index (χ0n) is 15.9. The zero-order chi connectivity index (χ0) is 20.2. The molecule has 1 N–H and O–H groups in total. The number of halogens is 1. The van der Waals surface area contributed by atoms with Crippen molar-refractivity contribution >= 4 is 28.3 Å². The van der Waals surface area contributed by atoms with Gasteiger partial charge < -0.3 is 10.1 Å². The van der Waals surface area contributed by atoms with Gasteiger partial charge in [0.15, 0.2) is 6.61 Å². The highest BCUT2D eigenvalue weighted by Gasteiger charge is 2.19. The fraction of sp³-hybridized carbons (Fsp3) is 0.130. The van der Waals surface area contributed by atoms with Gasteiger partial charge in [-0.1, -0.05) is 54.1 Å². The Balaban J connectivity index is 1.47. The lowest BCUT2D eigenvalue weighted by molar-refractivity contribution is -0.123. The van der Waals surface area contributed by atoms with Gasteiger partial charge in [0, 0.05) is 18.3 Å². The summed E-state index contributed by atoms with van der Waals surface area (Å²) in [6.45, 7) is -0.0880. The van der Waals surface area contributed by atoms with Gasteiger partial charge in [-0.2, -0.15) is 5.10 Å². The minimum atomic E-state index is -0.388. The third-order valence-electron chi connectivity index (χ3n) is 4.63. The van der Waals surface area contributed by atoms with Crippen LogP contribution in [0.25, 0.3) is 10.8 Å². The van der Waals surface area contributed by atoms with Crippen LogP contribution in [0.5, 0.6) is 5.75 Å². The largest absolute Gasteiger partial charge is 0.484 e. The average molecular weight is 406 g/mol. The van der Waals surface area contributed by atoms with Gasteiger partial charge in [-0.15, -0.1) is 0 Å². The lowest BCUT2D eigenvalue weighted by Crippen LogP contribution is -2.33. The van der Waals surface area contributed by atoms with Crippen molar-refractivity contribution in [2.45, 2.75) is 6.04 Å². The Bertz CT molecular complexity index is 1140. The standard InChI is InChI=1S/C23H20ClN3O2/c1-27-13-12-21(26-27)23(17-6-9-19(24)10-7-17)25-22(28)15-29-20-11-8-16-4-2-3-5-18(16)14-20/h2-14,23H,15H2,1H3,(H,25,28). The van der Waals surface area contributed by atoms with Crippen LogP contribution in [0, 0.1) is 0 Å². The molecule has 4 rings (SSSR count). The molecule has 5 nitrogen and oxygen atoms in total. The normalized spacial score (nSPS) is 11.9. The van der Waals surface area contributed by atoms with Crippen molar-refractivity contribution in [3.05, 3.63) is 95.3 Å². The van der Waals surface area contributed by atoms with E-state index in [0.717, 1.165) is 22.0 Å². The smallest absolute Gasteiger partial charge is 0.258 e. The second kappa shape index (κ2) is 8.37. The summed E-state index contributed by atoms with van der Waals surface area (Å²) in [6, 6.07) is 22.6. The van der Waals surface area contributed by atoms with E-state index in [9.17, 15) is 4.79 Å². The molecule has 4 aromatic rings. The highest BCUT2D eigenvalue weighted by atomic mass is 35.5. The number of nitrogens with zero attached hydrogens (tertiary/aromatic N) is 2. The number of amides is 1. The summed E-state index contributed by atoms with van der Waals surface area (Å²) >= 11 is 6.00. The van der Waals surface area contributed by atoms with Gasteiger partial charge in [0.1, 0.15) is 5.75 Å². The minimum absolute atomic E-state index is 0.0880. The lowest BCUT2D eigenvalue weighted by atomic mass is 10.0. The molecule has 0 bridgehead atoms. The summed E-state index contributed by atoms with van der Waals surface area (Å²) in [7, 11) is 1.84. The number of nitrogens with one attached hydrogen (secondary N) is 1. The quantitative estimate of drug-likeness (QED) is 0.513. The van der Waals surface area contributed by atoms with Crippen LogP contribution in [0.1, 0.15) is 17.3 Å². The van der Waals surface area contributed by atoms with Crippen LogP contribution >= 0.6 is 11.6 Å². The van der Waals surface area contributed by atoms with Crippen molar-refractivity contribution in [1.29, 1.82) is 0 Å². The first kappa shape index (κ1) is 19.0. The number of benzene rings is 3. The van der Waals surface area contributed by atoms with Crippen LogP contribution in [0.15, 0.2) is 79.0 Å². The van der Waals surface area contributed by atoms with Gasteiger partial charge in [0.2, 0.25) is 0 Å². The fourth-order valence-electron chi connectivity index (χ4n) is 3.18. The fourth-order valence-corrected chi connectivity index (χ4v) is 3.30. The Morgan fingerprint density at radius 3 is 2.55 bits per heavy atom. The summed E-state index contributed by atoms with van der Waals surface area (Å²) < 4.78 is 7.42. The Hall–Kier alpha value is -3.31. The van der Waals surface area contributed by atoms with E-state index in [4.69, 9.17) is 16.3 Å². The van der Waals surface area contributed by atoms with E-state index in [1.807, 2.05) is 73.9 Å². The van der Waals surface area contributed by atoms with Gasteiger partial charge >= 0.3 is 0 Å². The molecule has 1 atom stereocenters. The predicted octanol–water partition coefficient (Wildman–Crippen LogP) is 4.51. The first-order valence-corrected chi connectivity index (χ1v) is 9.62. The molecule has 1 unspecified atom stereocenters. The second-order valence-electron chi connectivity index (χ2n) is 6.76. The van der Waals surface area contributed by atoms with Crippen molar-refractivity contribution < 1.29 is 9.53 Å². The summed E-state index contributed by atoms with van der Waals surface area (Å²) in [4.78, 5) is 12.6. The Labute approximate surface area is 173 Å². The van der Waals surface area contributed by atoms with E-state index in [1.165, 1.54) is 0 Å². The third kappa shape index (κ3) is 4.58. The minimum Gasteiger partial charge on any atom is -0.484 e. The number of fused-ring (bicyclic) bond motifs is 1. The Kier molecular flexibility index (Phi) is 5.49. The molecular weight excluding hydrogens is 386 g/mol. The molecule has 1 aromatic heterocycles. The predicted molar refractivity (Wildman–Crippen MR) is 114 cm³/mol. The van der Waals surface area contributed by atoms with E-state index >= 15 is 0 Å². The molecule has 3 aromatic carbocycles. The molecule has 0 aliphatic rings.